The number of amides is 1. The van der Waals surface area contributed by atoms with Gasteiger partial charge in [0.05, 0.1) is 12.2 Å². The number of hydrogen-bond acceptors (Lipinski definition) is 4. The monoisotopic (exact) mass is 296 g/mol. The Morgan fingerprint density at radius 1 is 1.45 bits per heavy atom. The minimum Gasteiger partial charge on any atom is -0.465 e. The van der Waals surface area contributed by atoms with Crippen LogP contribution in [0.4, 0.5) is 5.69 Å². The number of esters is 1. The number of hydrogen-bond donors (Lipinski definition) is 1. The number of benzene rings is 1. The van der Waals surface area contributed by atoms with Crippen molar-refractivity contribution in [1.29, 1.82) is 0 Å². The molecule has 0 heterocycles. The largest absolute Gasteiger partial charge is 0.465 e. The second-order valence-electron chi connectivity index (χ2n) is 4.70. The minimum atomic E-state index is -0.409. The normalized spacial score (nSPS) is 13.9. The Morgan fingerprint density at radius 2 is 2.15 bits per heavy atom. The number of nitrogens with zero attached hydrogens (tertiary/aromatic N) is 1. The van der Waals surface area contributed by atoms with Crippen molar-refractivity contribution in [3.05, 3.63) is 28.8 Å². The first kappa shape index (κ1) is 14.7. The summed E-state index contributed by atoms with van der Waals surface area (Å²) in [7, 11) is 0. The molecule has 1 aromatic rings. The highest BCUT2D eigenvalue weighted by Gasteiger charge is 2.35. The Kier molecular flexibility index (Phi) is 4.49. The molecular weight excluding hydrogens is 280 g/mol. The van der Waals surface area contributed by atoms with Gasteiger partial charge in [0.2, 0.25) is 0 Å². The van der Waals surface area contributed by atoms with Crippen molar-refractivity contribution >= 4 is 29.2 Å². The van der Waals surface area contributed by atoms with E-state index in [0.717, 1.165) is 12.8 Å². The second kappa shape index (κ2) is 6.13. The second-order valence-corrected chi connectivity index (χ2v) is 5.14. The van der Waals surface area contributed by atoms with Crippen LogP contribution in [0.25, 0.3) is 0 Å². The molecule has 2 N–H and O–H groups in total. The topological polar surface area (TPSA) is 72.6 Å². The summed E-state index contributed by atoms with van der Waals surface area (Å²) in [5.41, 5.74) is 6.50. The van der Waals surface area contributed by atoms with E-state index < -0.39 is 5.97 Å². The van der Waals surface area contributed by atoms with Gasteiger partial charge in [0, 0.05) is 16.8 Å². The van der Waals surface area contributed by atoms with Crippen LogP contribution in [0.1, 0.15) is 30.1 Å². The van der Waals surface area contributed by atoms with Gasteiger partial charge in [-0.1, -0.05) is 11.6 Å². The van der Waals surface area contributed by atoms with Crippen molar-refractivity contribution in [2.75, 3.05) is 18.9 Å². The summed E-state index contributed by atoms with van der Waals surface area (Å²) in [6.45, 7) is 1.98. The number of carbonyl (C=O) groups excluding carboxylic acids is 2. The van der Waals surface area contributed by atoms with Gasteiger partial charge in [-0.3, -0.25) is 9.59 Å². The lowest BCUT2D eigenvalue weighted by molar-refractivity contribution is -0.144. The van der Waals surface area contributed by atoms with Gasteiger partial charge in [0.1, 0.15) is 6.54 Å². The number of halogens is 1. The summed E-state index contributed by atoms with van der Waals surface area (Å²) >= 11 is 5.90. The van der Waals surface area contributed by atoms with Crippen LogP contribution in [0.3, 0.4) is 0 Å². The molecule has 0 aliphatic heterocycles. The van der Waals surface area contributed by atoms with E-state index in [4.69, 9.17) is 22.1 Å². The highest BCUT2D eigenvalue weighted by atomic mass is 35.5. The molecule has 1 saturated carbocycles. The van der Waals surface area contributed by atoms with Gasteiger partial charge in [-0.05, 0) is 38.0 Å². The molecule has 1 aromatic carbocycles. The third-order valence-electron chi connectivity index (χ3n) is 3.10. The molecule has 1 aliphatic carbocycles. The summed E-state index contributed by atoms with van der Waals surface area (Å²) in [5, 5.41) is 0.439. The molecule has 0 spiro atoms. The number of rotatable bonds is 5. The number of carbonyl (C=O) groups is 2. The highest BCUT2D eigenvalue weighted by molar-refractivity contribution is 6.31. The molecule has 0 atom stereocenters. The van der Waals surface area contributed by atoms with Crippen molar-refractivity contribution in [2.45, 2.75) is 25.8 Å². The Labute approximate surface area is 122 Å². The van der Waals surface area contributed by atoms with Gasteiger partial charge in [0.25, 0.3) is 5.91 Å². The first-order valence-electron chi connectivity index (χ1n) is 6.54. The van der Waals surface area contributed by atoms with Crippen LogP contribution >= 0.6 is 11.6 Å². The zero-order chi connectivity index (χ0) is 14.7. The lowest BCUT2D eigenvalue weighted by atomic mass is 10.1. The summed E-state index contributed by atoms with van der Waals surface area (Å²) in [4.78, 5) is 25.6. The smallest absolute Gasteiger partial charge is 0.325 e. The Morgan fingerprint density at radius 3 is 2.75 bits per heavy atom. The lowest BCUT2D eigenvalue weighted by Crippen LogP contribution is -2.38. The van der Waals surface area contributed by atoms with Crippen LogP contribution < -0.4 is 5.73 Å². The first-order chi connectivity index (χ1) is 9.52. The third kappa shape index (κ3) is 3.42. The molecule has 2 rings (SSSR count). The van der Waals surface area contributed by atoms with E-state index in [9.17, 15) is 9.59 Å². The van der Waals surface area contributed by atoms with Crippen LogP contribution in [0, 0.1) is 0 Å². The quantitative estimate of drug-likeness (QED) is 0.667. The van der Waals surface area contributed by atoms with E-state index in [1.54, 1.807) is 19.1 Å². The SMILES string of the molecule is CCOC(=O)CN(C(=O)c1cc(Cl)ccc1N)C1CC1. The predicted molar refractivity (Wildman–Crippen MR) is 76.6 cm³/mol. The Balaban J connectivity index is 2.18. The van der Waals surface area contributed by atoms with Crippen molar-refractivity contribution in [3.63, 3.8) is 0 Å². The molecule has 0 bridgehead atoms. The minimum absolute atomic E-state index is 0.0523. The van der Waals surface area contributed by atoms with Crippen LogP contribution in [0.15, 0.2) is 18.2 Å². The van der Waals surface area contributed by atoms with Gasteiger partial charge in [-0.25, -0.2) is 0 Å². The van der Waals surface area contributed by atoms with Crippen molar-refractivity contribution in [2.24, 2.45) is 0 Å². The van der Waals surface area contributed by atoms with E-state index in [0.29, 0.717) is 22.9 Å². The fourth-order valence-corrected chi connectivity index (χ4v) is 2.14. The molecule has 5 nitrogen and oxygen atoms in total. The van der Waals surface area contributed by atoms with Crippen molar-refractivity contribution in [3.8, 4) is 0 Å². The van der Waals surface area contributed by atoms with Crippen LogP contribution in [0.2, 0.25) is 5.02 Å². The average Bonchev–Trinajstić information content (AvgIpc) is 3.23. The molecule has 1 fully saturated rings. The van der Waals surface area contributed by atoms with Gasteiger partial charge in [0.15, 0.2) is 0 Å². The van der Waals surface area contributed by atoms with Gasteiger partial charge in [-0.2, -0.15) is 0 Å². The third-order valence-corrected chi connectivity index (χ3v) is 3.33. The van der Waals surface area contributed by atoms with E-state index in [2.05, 4.69) is 0 Å². The van der Waals surface area contributed by atoms with Gasteiger partial charge >= 0.3 is 5.97 Å². The first-order valence-corrected chi connectivity index (χ1v) is 6.92. The standard InChI is InChI=1S/C14H17ClN2O3/c1-2-20-13(18)8-17(10-4-5-10)14(19)11-7-9(15)3-6-12(11)16/h3,6-7,10H,2,4-5,8,16H2,1H3. The number of ether oxygens (including phenoxy) is 1. The van der Waals surface area contributed by atoms with E-state index >= 15 is 0 Å². The van der Waals surface area contributed by atoms with E-state index in [-0.39, 0.29) is 18.5 Å². The molecule has 6 heteroatoms. The molecule has 1 aliphatic rings. The molecule has 108 valence electrons. The molecule has 1 amide bonds. The molecule has 20 heavy (non-hydrogen) atoms. The van der Waals surface area contributed by atoms with Gasteiger partial charge in [-0.15, -0.1) is 0 Å². The van der Waals surface area contributed by atoms with Crippen LogP contribution in [-0.2, 0) is 9.53 Å². The zero-order valence-electron chi connectivity index (χ0n) is 11.3. The summed E-state index contributed by atoms with van der Waals surface area (Å²) in [5.74, 6) is -0.686. The number of anilines is 1. The zero-order valence-corrected chi connectivity index (χ0v) is 12.0. The number of nitrogen functional groups attached to an aromatic ring is 1. The highest BCUT2D eigenvalue weighted by Crippen LogP contribution is 2.30. The fourth-order valence-electron chi connectivity index (χ4n) is 1.97. The molecule has 0 unspecified atom stereocenters. The van der Waals surface area contributed by atoms with E-state index in [1.807, 2.05) is 0 Å². The van der Waals surface area contributed by atoms with E-state index in [1.165, 1.54) is 11.0 Å². The Hall–Kier alpha value is -1.75. The maximum absolute atomic E-state index is 12.5. The summed E-state index contributed by atoms with van der Waals surface area (Å²) < 4.78 is 4.90. The lowest BCUT2D eigenvalue weighted by Gasteiger charge is -2.22. The summed E-state index contributed by atoms with van der Waals surface area (Å²) in [6.07, 6.45) is 1.79. The Bertz CT molecular complexity index is 529. The molecule has 0 saturated heterocycles. The van der Waals surface area contributed by atoms with Crippen LogP contribution in [-0.4, -0.2) is 36.0 Å². The summed E-state index contributed by atoms with van der Waals surface area (Å²) in [6, 6.07) is 4.83. The maximum atomic E-state index is 12.5. The van der Waals surface area contributed by atoms with Crippen molar-refractivity contribution in [1.82, 2.24) is 4.90 Å². The fraction of sp³-hybridized carbons (Fsp3) is 0.429. The molecule has 0 radical (unpaired) electrons. The van der Waals surface area contributed by atoms with Crippen molar-refractivity contribution < 1.29 is 14.3 Å². The average molecular weight is 297 g/mol. The molecular formula is C14H17ClN2O3. The molecule has 0 aromatic heterocycles. The maximum Gasteiger partial charge on any atom is 0.325 e. The van der Waals surface area contributed by atoms with Gasteiger partial charge < -0.3 is 15.4 Å². The van der Waals surface area contributed by atoms with Crippen LogP contribution in [0.5, 0.6) is 0 Å². The number of nitrogens with two attached hydrogens (primary N) is 1. The predicted octanol–water partition coefficient (Wildman–Crippen LogP) is 2.09.